The Morgan fingerprint density at radius 1 is 1.27 bits per heavy atom. The van der Waals surface area contributed by atoms with E-state index in [0.29, 0.717) is 6.04 Å². The number of hydrogen-bond acceptors (Lipinski definition) is 1. The van der Waals surface area contributed by atoms with Crippen LogP contribution in [0.4, 0.5) is 0 Å². The molecule has 0 aliphatic carbocycles. The maximum absolute atomic E-state index is 6.03. The number of allylic oxidation sites excluding steroid dienone is 1. The standard InChI is InChI=1S/C14H21N/c1-12(2)8-10-14(15)11-9-13-6-4-3-5-7-13/h3-8,14H,9-11,15H2,1-2H3/t14-/m0/s1. The first kappa shape index (κ1) is 12.0. The molecule has 1 aromatic carbocycles. The molecule has 1 heteroatoms. The van der Waals surface area contributed by atoms with Gasteiger partial charge in [-0.2, -0.15) is 0 Å². The lowest BCUT2D eigenvalue weighted by molar-refractivity contribution is 0.619. The fourth-order valence-electron chi connectivity index (χ4n) is 1.50. The Kier molecular flexibility index (Phi) is 5.13. The second-order valence-electron chi connectivity index (χ2n) is 4.30. The zero-order valence-corrected chi connectivity index (χ0v) is 9.74. The molecule has 0 fully saturated rings. The van der Waals surface area contributed by atoms with Gasteiger partial charge in [-0.05, 0) is 38.7 Å². The van der Waals surface area contributed by atoms with Crippen LogP contribution in [0.5, 0.6) is 0 Å². The summed E-state index contributed by atoms with van der Waals surface area (Å²) in [5.74, 6) is 0. The van der Waals surface area contributed by atoms with Crippen LogP contribution in [0.25, 0.3) is 0 Å². The van der Waals surface area contributed by atoms with Crippen LogP contribution >= 0.6 is 0 Å². The first-order valence-electron chi connectivity index (χ1n) is 5.61. The van der Waals surface area contributed by atoms with E-state index in [1.54, 1.807) is 0 Å². The average Bonchev–Trinajstić information content (AvgIpc) is 2.25. The fourth-order valence-corrected chi connectivity index (χ4v) is 1.50. The number of aryl methyl sites for hydroxylation is 1. The maximum Gasteiger partial charge on any atom is 0.00766 e. The van der Waals surface area contributed by atoms with Crippen LogP contribution < -0.4 is 5.73 Å². The molecule has 1 atom stereocenters. The summed E-state index contributed by atoms with van der Waals surface area (Å²) < 4.78 is 0. The summed E-state index contributed by atoms with van der Waals surface area (Å²) in [7, 11) is 0. The highest BCUT2D eigenvalue weighted by molar-refractivity contribution is 5.14. The Morgan fingerprint density at radius 2 is 1.93 bits per heavy atom. The van der Waals surface area contributed by atoms with Crippen LogP contribution in [-0.4, -0.2) is 6.04 Å². The van der Waals surface area contributed by atoms with Gasteiger partial charge in [0.05, 0.1) is 0 Å². The van der Waals surface area contributed by atoms with Gasteiger partial charge in [-0.25, -0.2) is 0 Å². The third-order valence-corrected chi connectivity index (χ3v) is 2.48. The van der Waals surface area contributed by atoms with Crippen molar-refractivity contribution in [1.29, 1.82) is 0 Å². The second kappa shape index (κ2) is 6.41. The molecule has 82 valence electrons. The van der Waals surface area contributed by atoms with Crippen LogP contribution in [0.1, 0.15) is 32.3 Å². The summed E-state index contributed by atoms with van der Waals surface area (Å²) in [6.07, 6.45) is 5.36. The Hall–Kier alpha value is -1.08. The molecule has 0 unspecified atom stereocenters. The summed E-state index contributed by atoms with van der Waals surface area (Å²) >= 11 is 0. The molecule has 0 saturated heterocycles. The van der Waals surface area contributed by atoms with Crippen LogP contribution in [0.15, 0.2) is 42.0 Å². The highest BCUT2D eigenvalue weighted by atomic mass is 14.6. The summed E-state index contributed by atoms with van der Waals surface area (Å²) in [4.78, 5) is 0. The fraction of sp³-hybridized carbons (Fsp3) is 0.429. The molecule has 0 aromatic heterocycles. The van der Waals surface area contributed by atoms with Gasteiger partial charge in [0.1, 0.15) is 0 Å². The molecule has 0 amide bonds. The van der Waals surface area contributed by atoms with Crippen molar-refractivity contribution in [2.45, 2.75) is 39.2 Å². The van der Waals surface area contributed by atoms with Gasteiger partial charge in [-0.1, -0.05) is 42.0 Å². The molecule has 1 aromatic rings. The monoisotopic (exact) mass is 203 g/mol. The van der Waals surface area contributed by atoms with E-state index in [1.165, 1.54) is 11.1 Å². The second-order valence-corrected chi connectivity index (χ2v) is 4.30. The molecule has 0 aliphatic heterocycles. The van der Waals surface area contributed by atoms with Crippen LogP contribution in [-0.2, 0) is 6.42 Å². The molecule has 0 radical (unpaired) electrons. The molecule has 0 heterocycles. The lowest BCUT2D eigenvalue weighted by Crippen LogP contribution is -2.19. The van der Waals surface area contributed by atoms with Crippen molar-refractivity contribution in [3.63, 3.8) is 0 Å². The number of rotatable bonds is 5. The van der Waals surface area contributed by atoms with E-state index in [9.17, 15) is 0 Å². The highest BCUT2D eigenvalue weighted by Crippen LogP contribution is 2.07. The lowest BCUT2D eigenvalue weighted by atomic mass is 10.0. The van der Waals surface area contributed by atoms with E-state index in [0.717, 1.165) is 19.3 Å². The first-order chi connectivity index (χ1) is 7.18. The smallest absolute Gasteiger partial charge is 0.00766 e. The Balaban J connectivity index is 2.28. The zero-order valence-electron chi connectivity index (χ0n) is 9.74. The third-order valence-electron chi connectivity index (χ3n) is 2.48. The van der Waals surface area contributed by atoms with Crippen molar-refractivity contribution in [2.75, 3.05) is 0 Å². The van der Waals surface area contributed by atoms with Gasteiger partial charge in [-0.3, -0.25) is 0 Å². The maximum atomic E-state index is 6.03. The number of hydrogen-bond donors (Lipinski definition) is 1. The molecule has 15 heavy (non-hydrogen) atoms. The first-order valence-corrected chi connectivity index (χ1v) is 5.61. The normalized spacial score (nSPS) is 12.2. The van der Waals surface area contributed by atoms with Gasteiger partial charge in [0.25, 0.3) is 0 Å². The Bertz CT molecular complexity index is 296. The summed E-state index contributed by atoms with van der Waals surface area (Å²) in [5.41, 5.74) is 8.76. The third kappa shape index (κ3) is 5.38. The molecule has 0 bridgehead atoms. The SMILES string of the molecule is CC(C)=CC[C@H](N)CCc1ccccc1. The Morgan fingerprint density at radius 3 is 2.53 bits per heavy atom. The van der Waals surface area contributed by atoms with Gasteiger partial charge in [0.2, 0.25) is 0 Å². The molecule has 1 rings (SSSR count). The summed E-state index contributed by atoms with van der Waals surface area (Å²) in [6.45, 7) is 4.23. The number of benzene rings is 1. The average molecular weight is 203 g/mol. The van der Waals surface area contributed by atoms with Gasteiger partial charge >= 0.3 is 0 Å². The molecular formula is C14H21N. The van der Waals surface area contributed by atoms with Gasteiger partial charge in [0.15, 0.2) is 0 Å². The minimum atomic E-state index is 0.292. The molecule has 0 spiro atoms. The van der Waals surface area contributed by atoms with Crippen LogP contribution in [0, 0.1) is 0 Å². The summed E-state index contributed by atoms with van der Waals surface area (Å²) in [5, 5.41) is 0. The summed E-state index contributed by atoms with van der Waals surface area (Å²) in [6, 6.07) is 10.8. The minimum Gasteiger partial charge on any atom is -0.327 e. The Labute approximate surface area is 93.0 Å². The van der Waals surface area contributed by atoms with E-state index in [2.05, 4.69) is 44.2 Å². The lowest BCUT2D eigenvalue weighted by Gasteiger charge is -2.09. The van der Waals surface area contributed by atoms with E-state index in [-0.39, 0.29) is 0 Å². The zero-order chi connectivity index (χ0) is 11.1. The van der Waals surface area contributed by atoms with E-state index < -0.39 is 0 Å². The van der Waals surface area contributed by atoms with Gasteiger partial charge in [-0.15, -0.1) is 0 Å². The largest absolute Gasteiger partial charge is 0.327 e. The van der Waals surface area contributed by atoms with Gasteiger partial charge < -0.3 is 5.73 Å². The molecule has 1 nitrogen and oxygen atoms in total. The van der Waals surface area contributed by atoms with Crippen molar-refractivity contribution in [3.8, 4) is 0 Å². The van der Waals surface area contributed by atoms with Crippen molar-refractivity contribution in [3.05, 3.63) is 47.5 Å². The highest BCUT2D eigenvalue weighted by Gasteiger charge is 2.00. The predicted molar refractivity (Wildman–Crippen MR) is 66.8 cm³/mol. The number of nitrogens with two attached hydrogens (primary N) is 1. The molecule has 0 saturated carbocycles. The van der Waals surface area contributed by atoms with Gasteiger partial charge in [0, 0.05) is 6.04 Å². The van der Waals surface area contributed by atoms with Crippen molar-refractivity contribution in [1.82, 2.24) is 0 Å². The topological polar surface area (TPSA) is 26.0 Å². The van der Waals surface area contributed by atoms with Crippen LogP contribution in [0.2, 0.25) is 0 Å². The molecule has 2 N–H and O–H groups in total. The van der Waals surface area contributed by atoms with Crippen molar-refractivity contribution in [2.24, 2.45) is 5.73 Å². The molecular weight excluding hydrogens is 182 g/mol. The van der Waals surface area contributed by atoms with Crippen molar-refractivity contribution < 1.29 is 0 Å². The van der Waals surface area contributed by atoms with E-state index in [1.807, 2.05) is 6.07 Å². The predicted octanol–water partition coefficient (Wildman–Crippen LogP) is 3.30. The van der Waals surface area contributed by atoms with E-state index >= 15 is 0 Å². The minimum absolute atomic E-state index is 0.292. The van der Waals surface area contributed by atoms with Crippen LogP contribution in [0.3, 0.4) is 0 Å². The quantitative estimate of drug-likeness (QED) is 0.730. The molecule has 0 aliphatic rings. The van der Waals surface area contributed by atoms with Crippen molar-refractivity contribution >= 4 is 0 Å². The van der Waals surface area contributed by atoms with E-state index in [4.69, 9.17) is 5.73 Å².